The lowest BCUT2D eigenvalue weighted by Gasteiger charge is -2.34. The molecule has 2 aromatic carbocycles. The summed E-state index contributed by atoms with van der Waals surface area (Å²) >= 11 is 6.23. The Hall–Kier alpha value is -2.27. The molecule has 1 aliphatic heterocycles. The molecule has 2 aromatic rings. The summed E-state index contributed by atoms with van der Waals surface area (Å²) in [6, 6.07) is 13.1. The number of piperidine rings is 1. The zero-order valence-corrected chi connectivity index (χ0v) is 19.4. The molecule has 0 N–H and O–H groups in total. The molecule has 0 radical (unpaired) electrons. The van der Waals surface area contributed by atoms with E-state index in [9.17, 15) is 4.79 Å². The van der Waals surface area contributed by atoms with Crippen molar-refractivity contribution >= 4 is 17.7 Å². The maximum Gasteiger partial charge on any atom is 0.410 e. The third-order valence-corrected chi connectivity index (χ3v) is 5.65. The van der Waals surface area contributed by atoms with E-state index in [1.807, 2.05) is 70.2 Å². The number of nitrogens with zero attached hydrogens (tertiary/aromatic N) is 1. The Labute approximate surface area is 189 Å². The summed E-state index contributed by atoms with van der Waals surface area (Å²) in [5, 5.41) is 0.566. The number of hydrogen-bond donors (Lipinski definition) is 0. The molecule has 3 rings (SSSR count). The average molecular weight is 448 g/mol. The smallest absolute Gasteiger partial charge is 0.410 e. The van der Waals surface area contributed by atoms with Crippen LogP contribution in [0.15, 0.2) is 42.5 Å². The molecule has 1 amide bonds. The fraction of sp³-hybridized carbons (Fsp3) is 0.480. The van der Waals surface area contributed by atoms with Crippen LogP contribution in [0.5, 0.6) is 5.75 Å². The van der Waals surface area contributed by atoms with Gasteiger partial charge in [0.1, 0.15) is 24.1 Å². The number of alkyl halides is 1. The standard InChI is InChI=1S/C25H31ClFNO3/c1-17-8-9-22(21(26)14-17)30-16-18-6-5-7-20(15-18)23(27)19-10-12-28(13-11-19)24(29)31-25(2,3)4/h5-9,14-15,19,23H,10-13,16H2,1-4H3. The zero-order valence-electron chi connectivity index (χ0n) is 18.7. The van der Waals surface area contributed by atoms with Crippen molar-refractivity contribution in [3.8, 4) is 5.75 Å². The normalized spacial score (nSPS) is 16.1. The molecule has 1 saturated heterocycles. The second-order valence-electron chi connectivity index (χ2n) is 9.17. The van der Waals surface area contributed by atoms with Gasteiger partial charge in [0.05, 0.1) is 5.02 Å². The van der Waals surface area contributed by atoms with E-state index < -0.39 is 11.8 Å². The number of rotatable bonds is 5. The summed E-state index contributed by atoms with van der Waals surface area (Å²) in [7, 11) is 0. The van der Waals surface area contributed by atoms with Gasteiger partial charge in [-0.1, -0.05) is 35.9 Å². The number of amides is 1. The monoisotopic (exact) mass is 447 g/mol. The fourth-order valence-corrected chi connectivity index (χ4v) is 4.00. The number of carbonyl (C=O) groups excluding carboxylic acids is 1. The molecule has 1 fully saturated rings. The van der Waals surface area contributed by atoms with Crippen LogP contribution in [0, 0.1) is 12.8 Å². The van der Waals surface area contributed by atoms with Gasteiger partial charge in [0.25, 0.3) is 0 Å². The lowest BCUT2D eigenvalue weighted by Crippen LogP contribution is -2.42. The third kappa shape index (κ3) is 6.60. The molecule has 1 atom stereocenters. The van der Waals surface area contributed by atoms with Gasteiger partial charge in [-0.05, 0) is 81.3 Å². The third-order valence-electron chi connectivity index (χ3n) is 5.36. The molecular formula is C25H31ClFNO3. The van der Waals surface area contributed by atoms with E-state index in [2.05, 4.69) is 0 Å². The van der Waals surface area contributed by atoms with Crippen molar-refractivity contribution in [2.75, 3.05) is 13.1 Å². The van der Waals surface area contributed by atoms with Crippen molar-refractivity contribution in [1.82, 2.24) is 4.90 Å². The van der Waals surface area contributed by atoms with E-state index in [-0.39, 0.29) is 12.0 Å². The molecule has 31 heavy (non-hydrogen) atoms. The average Bonchev–Trinajstić information content (AvgIpc) is 2.72. The van der Waals surface area contributed by atoms with Crippen molar-refractivity contribution in [1.29, 1.82) is 0 Å². The van der Waals surface area contributed by atoms with Crippen LogP contribution in [-0.4, -0.2) is 29.7 Å². The van der Waals surface area contributed by atoms with E-state index in [1.54, 1.807) is 4.90 Å². The van der Waals surface area contributed by atoms with Gasteiger partial charge >= 0.3 is 6.09 Å². The van der Waals surface area contributed by atoms with Gasteiger partial charge in [-0.3, -0.25) is 0 Å². The van der Waals surface area contributed by atoms with Gasteiger partial charge in [-0.25, -0.2) is 9.18 Å². The lowest BCUT2D eigenvalue weighted by atomic mass is 9.88. The summed E-state index contributed by atoms with van der Waals surface area (Å²) in [5.74, 6) is 0.491. The van der Waals surface area contributed by atoms with Crippen molar-refractivity contribution in [3.63, 3.8) is 0 Å². The highest BCUT2D eigenvalue weighted by molar-refractivity contribution is 6.32. The summed E-state index contributed by atoms with van der Waals surface area (Å²) in [5.41, 5.74) is 2.08. The molecule has 1 aliphatic rings. The Morgan fingerprint density at radius 2 is 1.90 bits per heavy atom. The van der Waals surface area contributed by atoms with Gasteiger partial charge in [0.2, 0.25) is 0 Å². The largest absolute Gasteiger partial charge is 0.487 e. The minimum Gasteiger partial charge on any atom is -0.487 e. The first-order valence-corrected chi connectivity index (χ1v) is 11.1. The summed E-state index contributed by atoms with van der Waals surface area (Å²) in [6.07, 6.45) is -0.181. The van der Waals surface area contributed by atoms with E-state index in [0.717, 1.165) is 11.1 Å². The number of carbonyl (C=O) groups is 1. The molecule has 4 nitrogen and oxygen atoms in total. The van der Waals surface area contributed by atoms with Crippen molar-refractivity contribution < 1.29 is 18.7 Å². The van der Waals surface area contributed by atoms with Crippen molar-refractivity contribution in [2.45, 2.75) is 58.9 Å². The minimum absolute atomic E-state index is 0.124. The SMILES string of the molecule is Cc1ccc(OCc2cccc(C(F)C3CCN(C(=O)OC(C)(C)C)CC3)c2)c(Cl)c1. The van der Waals surface area contributed by atoms with Crippen LogP contribution in [0.1, 0.15) is 56.5 Å². The molecular weight excluding hydrogens is 417 g/mol. The lowest BCUT2D eigenvalue weighted by molar-refractivity contribution is 0.0144. The quantitative estimate of drug-likeness (QED) is 0.501. The van der Waals surface area contributed by atoms with E-state index in [0.29, 0.717) is 48.9 Å². The first-order chi connectivity index (χ1) is 14.6. The maximum absolute atomic E-state index is 15.3. The second-order valence-corrected chi connectivity index (χ2v) is 9.58. The second kappa shape index (κ2) is 9.90. The number of hydrogen-bond acceptors (Lipinski definition) is 3. The highest BCUT2D eigenvalue weighted by Crippen LogP contribution is 2.35. The fourth-order valence-electron chi connectivity index (χ4n) is 3.71. The minimum atomic E-state index is -1.08. The topological polar surface area (TPSA) is 38.8 Å². The predicted octanol–water partition coefficient (Wildman–Crippen LogP) is 6.89. The van der Waals surface area contributed by atoms with E-state index in [4.69, 9.17) is 21.1 Å². The van der Waals surface area contributed by atoms with Crippen LogP contribution in [0.3, 0.4) is 0 Å². The molecule has 0 bridgehead atoms. The highest BCUT2D eigenvalue weighted by Gasteiger charge is 2.31. The van der Waals surface area contributed by atoms with Gasteiger partial charge < -0.3 is 14.4 Å². The van der Waals surface area contributed by atoms with Crippen LogP contribution in [0.25, 0.3) is 0 Å². The van der Waals surface area contributed by atoms with Crippen LogP contribution < -0.4 is 4.74 Å². The first-order valence-electron chi connectivity index (χ1n) is 10.7. The number of aryl methyl sites for hydroxylation is 1. The number of likely N-dealkylation sites (tertiary alicyclic amines) is 1. The van der Waals surface area contributed by atoms with Crippen LogP contribution in [0.4, 0.5) is 9.18 Å². The van der Waals surface area contributed by atoms with Gasteiger partial charge in [0, 0.05) is 13.1 Å². The van der Waals surface area contributed by atoms with Crippen LogP contribution >= 0.6 is 11.6 Å². The summed E-state index contributed by atoms with van der Waals surface area (Å²) in [4.78, 5) is 13.9. The van der Waals surface area contributed by atoms with E-state index in [1.165, 1.54) is 0 Å². The van der Waals surface area contributed by atoms with Crippen LogP contribution in [0.2, 0.25) is 5.02 Å². The number of benzene rings is 2. The molecule has 0 aliphatic carbocycles. The van der Waals surface area contributed by atoms with Gasteiger partial charge in [-0.2, -0.15) is 0 Å². The maximum atomic E-state index is 15.3. The Morgan fingerprint density at radius 3 is 2.55 bits per heavy atom. The Bertz CT molecular complexity index is 904. The highest BCUT2D eigenvalue weighted by atomic mass is 35.5. The molecule has 0 saturated carbocycles. The molecule has 1 unspecified atom stereocenters. The van der Waals surface area contributed by atoms with Gasteiger partial charge in [-0.15, -0.1) is 0 Å². The molecule has 6 heteroatoms. The van der Waals surface area contributed by atoms with Gasteiger partial charge in [0.15, 0.2) is 0 Å². The summed E-state index contributed by atoms with van der Waals surface area (Å²) < 4.78 is 26.5. The Balaban J connectivity index is 1.56. The van der Waals surface area contributed by atoms with Crippen molar-refractivity contribution in [2.24, 2.45) is 5.92 Å². The molecule has 168 valence electrons. The predicted molar refractivity (Wildman–Crippen MR) is 121 cm³/mol. The first kappa shape index (κ1) is 23.4. The number of ether oxygens (including phenoxy) is 2. The molecule has 0 spiro atoms. The van der Waals surface area contributed by atoms with Crippen molar-refractivity contribution in [3.05, 3.63) is 64.2 Å². The number of halogens is 2. The van der Waals surface area contributed by atoms with E-state index >= 15 is 4.39 Å². The molecule has 1 heterocycles. The van der Waals surface area contributed by atoms with Crippen LogP contribution in [-0.2, 0) is 11.3 Å². The Morgan fingerprint density at radius 1 is 1.19 bits per heavy atom. The zero-order chi connectivity index (χ0) is 22.6. The molecule has 0 aromatic heterocycles. The summed E-state index contributed by atoms with van der Waals surface area (Å²) in [6.45, 7) is 8.85. The Kier molecular flexibility index (Phi) is 7.47.